The first-order chi connectivity index (χ1) is 9.89. The molecule has 1 aliphatic heterocycles. The number of methoxy groups -OCH3 is 1. The zero-order valence-corrected chi connectivity index (χ0v) is 13.2. The molecule has 0 saturated heterocycles. The molecule has 2 amide bonds. The van der Waals surface area contributed by atoms with E-state index in [4.69, 9.17) is 9.47 Å². The maximum absolute atomic E-state index is 11.8. The molecule has 1 aliphatic rings. The van der Waals surface area contributed by atoms with E-state index in [2.05, 4.69) is 10.6 Å². The average molecular weight is 292 g/mol. The molecule has 5 nitrogen and oxygen atoms in total. The van der Waals surface area contributed by atoms with Crippen LogP contribution in [0.25, 0.3) is 0 Å². The van der Waals surface area contributed by atoms with Crippen LogP contribution in [0.4, 0.5) is 4.79 Å². The van der Waals surface area contributed by atoms with E-state index >= 15 is 0 Å². The third-order valence-electron chi connectivity index (χ3n) is 3.29. The summed E-state index contributed by atoms with van der Waals surface area (Å²) in [5, 5.41) is 5.79. The van der Waals surface area contributed by atoms with Crippen molar-refractivity contribution in [1.29, 1.82) is 0 Å². The molecule has 0 unspecified atom stereocenters. The van der Waals surface area contributed by atoms with Gasteiger partial charge < -0.3 is 20.1 Å². The summed E-state index contributed by atoms with van der Waals surface area (Å²) >= 11 is 0. The Labute approximate surface area is 126 Å². The Morgan fingerprint density at radius 3 is 2.86 bits per heavy atom. The van der Waals surface area contributed by atoms with Crippen LogP contribution in [-0.4, -0.2) is 31.8 Å². The summed E-state index contributed by atoms with van der Waals surface area (Å²) < 4.78 is 11.1. The van der Waals surface area contributed by atoms with Crippen LogP contribution in [0.5, 0.6) is 11.5 Å². The molecule has 2 N–H and O–H groups in total. The molecule has 1 atom stereocenters. The third kappa shape index (κ3) is 4.28. The molecule has 0 fully saturated rings. The van der Waals surface area contributed by atoms with Crippen LogP contribution in [0.15, 0.2) is 18.2 Å². The molecule has 1 aromatic carbocycles. The topological polar surface area (TPSA) is 59.6 Å². The van der Waals surface area contributed by atoms with Crippen LogP contribution in [0.2, 0.25) is 0 Å². The Morgan fingerprint density at radius 1 is 1.43 bits per heavy atom. The highest BCUT2D eigenvalue weighted by Crippen LogP contribution is 2.35. The van der Waals surface area contributed by atoms with Crippen LogP contribution < -0.4 is 20.1 Å². The zero-order valence-electron chi connectivity index (χ0n) is 13.2. The summed E-state index contributed by atoms with van der Waals surface area (Å²) in [5.74, 6) is 1.87. The van der Waals surface area contributed by atoms with Crippen LogP contribution in [-0.2, 0) is 6.42 Å². The Balaban J connectivity index is 1.89. The van der Waals surface area contributed by atoms with Crippen molar-refractivity contribution >= 4 is 6.03 Å². The molecule has 5 heteroatoms. The number of fused-ring (bicyclic) bond motifs is 1. The summed E-state index contributed by atoms with van der Waals surface area (Å²) in [6, 6.07) is 5.76. The molecule has 21 heavy (non-hydrogen) atoms. The average Bonchev–Trinajstić information content (AvgIpc) is 2.42. The largest absolute Gasteiger partial charge is 0.493 e. The normalized spacial score (nSPS) is 17.4. The first-order valence-corrected chi connectivity index (χ1v) is 7.24. The number of hydrogen-bond donors (Lipinski definition) is 2. The first kappa shape index (κ1) is 15.5. The number of para-hydroxylation sites is 1. The molecule has 0 radical (unpaired) electrons. The van der Waals surface area contributed by atoms with Gasteiger partial charge in [0.25, 0.3) is 0 Å². The first-order valence-electron chi connectivity index (χ1n) is 7.24. The van der Waals surface area contributed by atoms with Gasteiger partial charge in [-0.15, -0.1) is 0 Å². The number of ether oxygens (including phenoxy) is 2. The number of carbonyl (C=O) groups is 1. The molecule has 2 rings (SSSR count). The number of rotatable bonds is 3. The van der Waals surface area contributed by atoms with Crippen molar-refractivity contribution in [1.82, 2.24) is 10.6 Å². The fourth-order valence-electron chi connectivity index (χ4n) is 2.37. The van der Waals surface area contributed by atoms with Crippen molar-refractivity contribution in [3.05, 3.63) is 23.8 Å². The van der Waals surface area contributed by atoms with Crippen LogP contribution in [0.3, 0.4) is 0 Å². The molecule has 1 heterocycles. The fourth-order valence-corrected chi connectivity index (χ4v) is 2.37. The summed E-state index contributed by atoms with van der Waals surface area (Å²) in [6.07, 6.45) is 0.877. The lowest BCUT2D eigenvalue weighted by atomic mass is 9.96. The highest BCUT2D eigenvalue weighted by molar-refractivity contribution is 5.74. The second-order valence-electron chi connectivity index (χ2n) is 6.41. The van der Waals surface area contributed by atoms with E-state index in [9.17, 15) is 4.79 Å². The van der Waals surface area contributed by atoms with Gasteiger partial charge in [0.15, 0.2) is 11.5 Å². The Kier molecular flexibility index (Phi) is 4.60. The summed E-state index contributed by atoms with van der Waals surface area (Å²) in [5.41, 5.74) is 0.899. The van der Waals surface area contributed by atoms with Crippen molar-refractivity contribution in [3.63, 3.8) is 0 Å². The smallest absolute Gasteiger partial charge is 0.315 e. The van der Waals surface area contributed by atoms with Crippen molar-refractivity contribution in [3.8, 4) is 11.5 Å². The molecule has 116 valence electrons. The second kappa shape index (κ2) is 6.24. The molecular formula is C16H24N2O3. The van der Waals surface area contributed by atoms with E-state index in [0.29, 0.717) is 13.2 Å². The highest BCUT2D eigenvalue weighted by atomic mass is 16.5. The fraction of sp³-hybridized carbons (Fsp3) is 0.562. The van der Waals surface area contributed by atoms with Gasteiger partial charge in [-0.05, 0) is 38.8 Å². The number of amides is 2. The minimum Gasteiger partial charge on any atom is -0.493 e. The molecule has 0 aliphatic carbocycles. The number of hydrogen-bond acceptors (Lipinski definition) is 3. The molecular weight excluding hydrogens is 268 g/mol. The van der Waals surface area contributed by atoms with E-state index in [1.54, 1.807) is 7.11 Å². The highest BCUT2D eigenvalue weighted by Gasteiger charge is 2.23. The summed E-state index contributed by atoms with van der Waals surface area (Å²) in [7, 11) is 1.64. The van der Waals surface area contributed by atoms with Gasteiger partial charge in [0.05, 0.1) is 13.7 Å². The Bertz CT molecular complexity index is 509. The molecule has 0 aromatic heterocycles. The van der Waals surface area contributed by atoms with Gasteiger partial charge in [-0.1, -0.05) is 12.1 Å². The van der Waals surface area contributed by atoms with Gasteiger partial charge in [0, 0.05) is 18.0 Å². The van der Waals surface area contributed by atoms with Gasteiger partial charge >= 0.3 is 6.03 Å². The van der Waals surface area contributed by atoms with Crippen molar-refractivity contribution < 1.29 is 14.3 Å². The zero-order chi connectivity index (χ0) is 15.5. The number of benzene rings is 1. The van der Waals surface area contributed by atoms with Gasteiger partial charge in [-0.3, -0.25) is 0 Å². The standard InChI is InChI=1S/C16H24N2O3/c1-16(2,3)18-15(19)17-9-11-8-12-6-5-7-13(20-4)14(12)21-10-11/h5-7,11H,8-10H2,1-4H3,(H2,17,18,19)/t11-/m1/s1. The van der Waals surface area contributed by atoms with E-state index < -0.39 is 0 Å². The second-order valence-corrected chi connectivity index (χ2v) is 6.41. The lowest BCUT2D eigenvalue weighted by molar-refractivity contribution is 0.202. The maximum atomic E-state index is 11.8. The monoisotopic (exact) mass is 292 g/mol. The Hall–Kier alpha value is -1.91. The third-order valence-corrected chi connectivity index (χ3v) is 3.29. The molecule has 0 spiro atoms. The minimum atomic E-state index is -0.229. The van der Waals surface area contributed by atoms with Gasteiger partial charge in [0.1, 0.15) is 0 Å². The summed E-state index contributed by atoms with van der Waals surface area (Å²) in [6.45, 7) is 7.05. The SMILES string of the molecule is COc1cccc2c1OC[C@@H](CNC(=O)NC(C)(C)C)C2. The quantitative estimate of drug-likeness (QED) is 0.899. The van der Waals surface area contributed by atoms with E-state index in [-0.39, 0.29) is 17.5 Å². The lowest BCUT2D eigenvalue weighted by Crippen LogP contribution is -2.48. The van der Waals surface area contributed by atoms with Gasteiger partial charge in [-0.2, -0.15) is 0 Å². The maximum Gasteiger partial charge on any atom is 0.315 e. The van der Waals surface area contributed by atoms with Gasteiger partial charge in [0.2, 0.25) is 0 Å². The van der Waals surface area contributed by atoms with E-state index in [0.717, 1.165) is 23.5 Å². The number of urea groups is 1. The predicted molar refractivity (Wildman–Crippen MR) is 82.0 cm³/mol. The van der Waals surface area contributed by atoms with Crippen molar-refractivity contribution in [2.24, 2.45) is 5.92 Å². The van der Waals surface area contributed by atoms with Crippen LogP contribution >= 0.6 is 0 Å². The molecule has 0 saturated carbocycles. The van der Waals surface area contributed by atoms with E-state index in [1.807, 2.05) is 39.0 Å². The lowest BCUT2D eigenvalue weighted by Gasteiger charge is -2.27. The van der Waals surface area contributed by atoms with E-state index in [1.165, 1.54) is 0 Å². The number of nitrogens with one attached hydrogen (secondary N) is 2. The molecule has 1 aromatic rings. The summed E-state index contributed by atoms with van der Waals surface area (Å²) in [4.78, 5) is 11.8. The van der Waals surface area contributed by atoms with Gasteiger partial charge in [-0.25, -0.2) is 4.79 Å². The number of carbonyl (C=O) groups excluding carboxylic acids is 1. The Morgan fingerprint density at radius 2 is 2.19 bits per heavy atom. The van der Waals surface area contributed by atoms with Crippen molar-refractivity contribution in [2.75, 3.05) is 20.3 Å². The minimum absolute atomic E-state index is 0.140. The predicted octanol–water partition coefficient (Wildman–Crippen LogP) is 2.34. The van der Waals surface area contributed by atoms with Crippen molar-refractivity contribution in [2.45, 2.75) is 32.7 Å². The van der Waals surface area contributed by atoms with Crippen LogP contribution in [0, 0.1) is 5.92 Å². The van der Waals surface area contributed by atoms with Crippen LogP contribution in [0.1, 0.15) is 26.3 Å². The molecule has 0 bridgehead atoms.